The van der Waals surface area contributed by atoms with Gasteiger partial charge in [-0.2, -0.15) is 0 Å². The number of aromatic hydroxyl groups is 1. The summed E-state index contributed by atoms with van der Waals surface area (Å²) in [5.41, 5.74) is 1.68. The molecule has 3 N–H and O–H groups in total. The summed E-state index contributed by atoms with van der Waals surface area (Å²) in [6.45, 7) is 3.57. The number of nitrogens with one attached hydrogen (secondary N) is 1. The molecule has 0 saturated carbocycles. The molecule has 150 valence electrons. The number of halogens is 2. The molecule has 0 radical (unpaired) electrons. The van der Waals surface area contributed by atoms with Crippen molar-refractivity contribution in [2.24, 2.45) is 0 Å². The second kappa shape index (κ2) is 8.10. The monoisotopic (exact) mass is 434 g/mol. The number of benzene rings is 2. The fourth-order valence-corrected chi connectivity index (χ4v) is 3.06. The van der Waals surface area contributed by atoms with Gasteiger partial charge in [-0.3, -0.25) is 4.79 Å². The van der Waals surface area contributed by atoms with Crippen molar-refractivity contribution < 1.29 is 19.8 Å². The van der Waals surface area contributed by atoms with Crippen LogP contribution in [0, 0.1) is 13.8 Å². The molecule has 0 fully saturated rings. The summed E-state index contributed by atoms with van der Waals surface area (Å²) in [6.07, 6.45) is 0. The maximum absolute atomic E-state index is 12.6. The minimum absolute atomic E-state index is 0.0904. The smallest absolute Gasteiger partial charge is 0.339 e. The molecule has 1 aromatic heterocycles. The maximum atomic E-state index is 12.6. The van der Waals surface area contributed by atoms with Crippen LogP contribution in [-0.4, -0.2) is 37.1 Å². The van der Waals surface area contributed by atoms with Crippen molar-refractivity contribution in [3.05, 3.63) is 68.5 Å². The largest absolute Gasteiger partial charge is 0.507 e. The highest BCUT2D eigenvalue weighted by Gasteiger charge is 2.19. The molecule has 3 aromatic rings. The topological polar surface area (TPSA) is 117 Å². The van der Waals surface area contributed by atoms with Crippen molar-refractivity contribution in [2.45, 2.75) is 20.4 Å². The second-order valence-corrected chi connectivity index (χ2v) is 7.19. The predicted octanol–water partition coefficient (Wildman–Crippen LogP) is 3.91. The lowest BCUT2D eigenvalue weighted by Crippen LogP contribution is -2.15. The van der Waals surface area contributed by atoms with Crippen LogP contribution in [0.3, 0.4) is 0 Å². The SMILES string of the molecule is Cc1cc(NC(=O)c2nnn(Cc3ccc(Cl)c(Cl)c3)c2C)cc(C(=O)O)c1O. The molecule has 0 aliphatic heterocycles. The second-order valence-electron chi connectivity index (χ2n) is 6.38. The Morgan fingerprint density at radius 1 is 1.14 bits per heavy atom. The van der Waals surface area contributed by atoms with Crippen LogP contribution in [0.25, 0.3) is 0 Å². The number of carboxylic acids is 1. The summed E-state index contributed by atoms with van der Waals surface area (Å²) in [5.74, 6) is -2.20. The third kappa shape index (κ3) is 4.33. The Kier molecular flexibility index (Phi) is 5.76. The van der Waals surface area contributed by atoms with Crippen LogP contribution >= 0.6 is 23.2 Å². The third-order valence-electron chi connectivity index (χ3n) is 4.30. The Bertz CT molecular complexity index is 1130. The first-order valence-electron chi connectivity index (χ1n) is 8.39. The lowest BCUT2D eigenvalue weighted by Gasteiger charge is -2.09. The summed E-state index contributed by atoms with van der Waals surface area (Å²) in [5, 5.41) is 30.4. The number of aryl methyl sites for hydroxylation is 1. The number of carbonyl (C=O) groups excluding carboxylic acids is 1. The van der Waals surface area contributed by atoms with Gasteiger partial charge in [0.2, 0.25) is 0 Å². The van der Waals surface area contributed by atoms with E-state index in [4.69, 9.17) is 23.2 Å². The van der Waals surface area contributed by atoms with Gasteiger partial charge in [0.15, 0.2) is 5.69 Å². The van der Waals surface area contributed by atoms with Crippen LogP contribution in [0.4, 0.5) is 5.69 Å². The number of hydrogen-bond donors (Lipinski definition) is 3. The predicted molar refractivity (Wildman–Crippen MR) is 108 cm³/mol. The van der Waals surface area contributed by atoms with Crippen molar-refractivity contribution in [1.29, 1.82) is 0 Å². The van der Waals surface area contributed by atoms with Gasteiger partial charge in [-0.15, -0.1) is 5.10 Å². The average molecular weight is 435 g/mol. The zero-order chi connectivity index (χ0) is 21.3. The molecule has 8 nitrogen and oxygen atoms in total. The summed E-state index contributed by atoms with van der Waals surface area (Å²) in [4.78, 5) is 23.8. The highest BCUT2D eigenvalue weighted by molar-refractivity contribution is 6.42. The fourth-order valence-electron chi connectivity index (χ4n) is 2.74. The molecule has 0 spiro atoms. The third-order valence-corrected chi connectivity index (χ3v) is 5.04. The van der Waals surface area contributed by atoms with E-state index in [1.807, 2.05) is 0 Å². The molecule has 2 aromatic carbocycles. The molecule has 0 unspecified atom stereocenters. The van der Waals surface area contributed by atoms with Gasteiger partial charge in [-0.1, -0.05) is 34.5 Å². The number of nitrogens with zero attached hydrogens (tertiary/aromatic N) is 3. The van der Waals surface area contributed by atoms with Crippen molar-refractivity contribution in [1.82, 2.24) is 15.0 Å². The Morgan fingerprint density at radius 3 is 2.52 bits per heavy atom. The van der Waals surface area contributed by atoms with Gasteiger partial charge in [0, 0.05) is 5.69 Å². The quantitative estimate of drug-likeness (QED) is 0.524. The molecule has 3 rings (SSSR count). The zero-order valence-corrected chi connectivity index (χ0v) is 16.9. The first-order chi connectivity index (χ1) is 13.7. The first-order valence-corrected chi connectivity index (χ1v) is 9.15. The van der Waals surface area contributed by atoms with E-state index in [1.54, 1.807) is 29.8 Å². The number of aromatic carboxylic acids is 1. The van der Waals surface area contributed by atoms with Crippen molar-refractivity contribution in [2.75, 3.05) is 5.32 Å². The number of carboxylic acid groups (broad SMARTS) is 1. The van der Waals surface area contributed by atoms with Crippen LogP contribution in [0.2, 0.25) is 10.0 Å². The zero-order valence-electron chi connectivity index (χ0n) is 15.4. The fraction of sp³-hybridized carbons (Fsp3) is 0.158. The lowest BCUT2D eigenvalue weighted by molar-refractivity contribution is 0.0693. The van der Waals surface area contributed by atoms with Gasteiger partial charge >= 0.3 is 5.97 Å². The first kappa shape index (κ1) is 20.6. The minimum atomic E-state index is -1.30. The number of aromatic nitrogens is 3. The van der Waals surface area contributed by atoms with Gasteiger partial charge in [-0.05, 0) is 49.2 Å². The molecule has 1 amide bonds. The molecular weight excluding hydrogens is 419 g/mol. The van der Waals surface area contributed by atoms with Crippen LogP contribution in [0.1, 0.15) is 37.7 Å². The Hall–Kier alpha value is -3.10. The summed E-state index contributed by atoms with van der Waals surface area (Å²) in [6, 6.07) is 7.82. The van der Waals surface area contributed by atoms with E-state index < -0.39 is 11.9 Å². The molecule has 29 heavy (non-hydrogen) atoms. The Balaban J connectivity index is 1.82. The van der Waals surface area contributed by atoms with E-state index in [0.29, 0.717) is 27.8 Å². The minimum Gasteiger partial charge on any atom is -0.507 e. The van der Waals surface area contributed by atoms with Gasteiger partial charge < -0.3 is 15.5 Å². The molecule has 0 atom stereocenters. The van der Waals surface area contributed by atoms with Gasteiger partial charge in [-0.25, -0.2) is 9.48 Å². The molecule has 0 aliphatic carbocycles. The van der Waals surface area contributed by atoms with E-state index in [2.05, 4.69) is 15.6 Å². The summed E-state index contributed by atoms with van der Waals surface area (Å²) < 4.78 is 1.54. The van der Waals surface area contributed by atoms with Crippen LogP contribution in [0.5, 0.6) is 5.75 Å². The maximum Gasteiger partial charge on any atom is 0.339 e. The Morgan fingerprint density at radius 2 is 1.86 bits per heavy atom. The molecule has 0 saturated heterocycles. The van der Waals surface area contributed by atoms with Crippen molar-refractivity contribution >= 4 is 40.8 Å². The highest BCUT2D eigenvalue weighted by Crippen LogP contribution is 2.27. The molecule has 0 bridgehead atoms. The van der Waals surface area contributed by atoms with Crippen molar-refractivity contribution in [3.8, 4) is 5.75 Å². The molecular formula is C19H16Cl2N4O4. The van der Waals surface area contributed by atoms with Gasteiger partial charge in [0.05, 0.1) is 22.3 Å². The van der Waals surface area contributed by atoms with Gasteiger partial charge in [0.25, 0.3) is 5.91 Å². The van der Waals surface area contributed by atoms with Crippen LogP contribution in [-0.2, 0) is 6.54 Å². The summed E-state index contributed by atoms with van der Waals surface area (Å²) in [7, 11) is 0. The number of anilines is 1. The Labute approximate surface area is 175 Å². The number of rotatable bonds is 5. The molecule has 1 heterocycles. The van der Waals surface area contributed by atoms with Crippen LogP contribution < -0.4 is 5.32 Å². The van der Waals surface area contributed by atoms with E-state index in [-0.39, 0.29) is 22.7 Å². The standard InChI is InChI=1S/C19H16Cl2N4O4/c1-9-5-12(7-13(17(9)26)19(28)29)22-18(27)16-10(2)25(24-23-16)8-11-3-4-14(20)15(21)6-11/h3-7,26H,8H2,1-2H3,(H,22,27)(H,28,29). The van der Waals surface area contributed by atoms with E-state index >= 15 is 0 Å². The number of phenols is 1. The summed E-state index contributed by atoms with van der Waals surface area (Å²) >= 11 is 11.9. The highest BCUT2D eigenvalue weighted by atomic mass is 35.5. The van der Waals surface area contributed by atoms with E-state index in [1.165, 1.54) is 19.1 Å². The number of hydrogen-bond acceptors (Lipinski definition) is 5. The number of carbonyl (C=O) groups is 2. The lowest BCUT2D eigenvalue weighted by atomic mass is 10.1. The normalized spacial score (nSPS) is 10.8. The van der Waals surface area contributed by atoms with Crippen molar-refractivity contribution in [3.63, 3.8) is 0 Å². The van der Waals surface area contributed by atoms with Gasteiger partial charge in [0.1, 0.15) is 11.3 Å². The van der Waals surface area contributed by atoms with E-state index in [9.17, 15) is 19.8 Å². The molecule has 0 aliphatic rings. The number of amides is 1. The van der Waals surface area contributed by atoms with Crippen LogP contribution in [0.15, 0.2) is 30.3 Å². The van der Waals surface area contributed by atoms with E-state index in [0.717, 1.165) is 5.56 Å². The molecule has 10 heteroatoms. The average Bonchev–Trinajstić information content (AvgIpc) is 3.01.